The van der Waals surface area contributed by atoms with Gasteiger partial charge in [0.2, 0.25) is 5.91 Å². The molecule has 3 amide bonds. The van der Waals surface area contributed by atoms with E-state index in [0.717, 1.165) is 18.5 Å². The van der Waals surface area contributed by atoms with Gasteiger partial charge in [0.1, 0.15) is 17.5 Å². The summed E-state index contributed by atoms with van der Waals surface area (Å²) in [6.45, 7) is 6.64. The van der Waals surface area contributed by atoms with Crippen molar-refractivity contribution in [1.82, 2.24) is 20.2 Å². The second-order valence-corrected chi connectivity index (χ2v) is 9.69. The molecule has 9 nitrogen and oxygen atoms in total. The Kier molecular flexibility index (Phi) is 7.75. The van der Waals surface area contributed by atoms with Crippen LogP contribution in [0.15, 0.2) is 24.5 Å². The number of nitrogens with two attached hydrogens (primary N) is 1. The zero-order valence-electron chi connectivity index (χ0n) is 20.6. The zero-order valence-corrected chi connectivity index (χ0v) is 20.6. The monoisotopic (exact) mass is 525 g/mol. The summed E-state index contributed by atoms with van der Waals surface area (Å²) in [7, 11) is 0. The van der Waals surface area contributed by atoms with Crippen LogP contribution in [0.25, 0.3) is 11.3 Å². The molecule has 1 saturated heterocycles. The Balaban J connectivity index is 1.80. The molecule has 2 atom stereocenters. The van der Waals surface area contributed by atoms with E-state index in [9.17, 15) is 31.9 Å². The van der Waals surface area contributed by atoms with Gasteiger partial charge in [0.15, 0.2) is 5.69 Å². The minimum absolute atomic E-state index is 0.00454. The highest BCUT2D eigenvalue weighted by Crippen LogP contribution is 2.32. The highest BCUT2D eigenvalue weighted by atomic mass is 19.4. The summed E-state index contributed by atoms with van der Waals surface area (Å²) in [5.41, 5.74) is 2.02. The molecule has 0 aromatic carbocycles. The van der Waals surface area contributed by atoms with Gasteiger partial charge < -0.3 is 15.8 Å². The minimum atomic E-state index is -4.90. The molecule has 13 heteroatoms. The lowest BCUT2D eigenvalue weighted by Gasteiger charge is -2.30. The number of likely N-dealkylation sites (tertiary alicyclic amines) is 1. The Hall–Kier alpha value is -3.77. The van der Waals surface area contributed by atoms with E-state index < -0.39 is 52.8 Å². The van der Waals surface area contributed by atoms with E-state index in [1.54, 1.807) is 27.7 Å². The van der Waals surface area contributed by atoms with Crippen LogP contribution in [0, 0.1) is 5.82 Å². The van der Waals surface area contributed by atoms with Crippen LogP contribution >= 0.6 is 0 Å². The zero-order chi connectivity index (χ0) is 27.7. The molecule has 2 aromatic heterocycles. The van der Waals surface area contributed by atoms with Crippen LogP contribution in [0.4, 0.5) is 22.4 Å². The van der Waals surface area contributed by atoms with Crippen LogP contribution in [-0.4, -0.2) is 50.5 Å². The molecule has 3 heterocycles. The van der Waals surface area contributed by atoms with E-state index >= 15 is 0 Å². The summed E-state index contributed by atoms with van der Waals surface area (Å²) in [5, 5.41) is 2.59. The normalized spacial score (nSPS) is 18.0. The number of amides is 3. The van der Waals surface area contributed by atoms with Crippen molar-refractivity contribution in [2.24, 2.45) is 5.73 Å². The van der Waals surface area contributed by atoms with Crippen LogP contribution in [0.3, 0.4) is 0 Å². The molecule has 0 saturated carbocycles. The molecule has 1 aliphatic heterocycles. The molecule has 1 aliphatic rings. The summed E-state index contributed by atoms with van der Waals surface area (Å²) in [4.78, 5) is 45.6. The Labute approximate surface area is 210 Å². The Morgan fingerprint density at radius 2 is 1.81 bits per heavy atom. The number of aromatic nitrogens is 2. The molecule has 0 radical (unpaired) electrons. The third-order valence-electron chi connectivity index (χ3n) is 5.68. The first kappa shape index (κ1) is 27.8. The first-order valence-electron chi connectivity index (χ1n) is 11.4. The van der Waals surface area contributed by atoms with Gasteiger partial charge in [-0.3, -0.25) is 24.5 Å². The van der Waals surface area contributed by atoms with Gasteiger partial charge in [0.25, 0.3) is 5.91 Å². The number of hydrogen-bond acceptors (Lipinski definition) is 6. The van der Waals surface area contributed by atoms with E-state index in [1.807, 2.05) is 0 Å². The number of rotatable bonds is 5. The predicted molar refractivity (Wildman–Crippen MR) is 123 cm³/mol. The molecule has 1 fully saturated rings. The maximum absolute atomic E-state index is 14.5. The largest absolute Gasteiger partial charge is 0.444 e. The summed E-state index contributed by atoms with van der Waals surface area (Å²) in [5.74, 6) is -2.63. The van der Waals surface area contributed by atoms with E-state index in [-0.39, 0.29) is 29.4 Å². The number of hydrogen-bond donors (Lipinski definition) is 2. The smallest absolute Gasteiger partial charge is 0.434 e. The molecule has 0 aliphatic carbocycles. The number of alkyl halides is 3. The molecule has 0 bridgehead atoms. The van der Waals surface area contributed by atoms with Crippen molar-refractivity contribution in [2.75, 3.05) is 0 Å². The number of ether oxygens (including phenoxy) is 1. The quantitative estimate of drug-likeness (QED) is 0.572. The standard InChI is InChI=1S/C24H27F4N5O4/c1-12-5-6-18(33(12)22(36)37-23(2,3)4)21(35)32-9-13-8-17(30-11-16(13)25)14-7-15(20(29)34)19(31-10-14)24(26,27)28/h7-8,10-12,18H,5-6,9H2,1-4H3,(H2,29,34)(H,32,35). The van der Waals surface area contributed by atoms with E-state index in [2.05, 4.69) is 15.3 Å². The summed E-state index contributed by atoms with van der Waals surface area (Å²) in [6, 6.07) is 1.04. The van der Waals surface area contributed by atoms with Gasteiger partial charge in [-0.1, -0.05) is 0 Å². The van der Waals surface area contributed by atoms with E-state index in [1.165, 1.54) is 11.0 Å². The van der Waals surface area contributed by atoms with E-state index in [0.29, 0.717) is 12.8 Å². The number of nitrogens with zero attached hydrogens (tertiary/aromatic N) is 3. The maximum atomic E-state index is 14.5. The van der Waals surface area contributed by atoms with Crippen LogP contribution in [0.1, 0.15) is 62.2 Å². The number of pyridine rings is 2. The number of carbonyl (C=O) groups is 3. The summed E-state index contributed by atoms with van der Waals surface area (Å²) in [6.07, 6.45) is -2.88. The molecule has 2 aromatic rings. The maximum Gasteiger partial charge on any atom is 0.434 e. The predicted octanol–water partition coefficient (Wildman–Crippen LogP) is 3.80. The first-order chi connectivity index (χ1) is 17.1. The lowest BCUT2D eigenvalue weighted by Crippen LogP contribution is -2.49. The lowest BCUT2D eigenvalue weighted by molar-refractivity contribution is -0.141. The molecule has 0 spiro atoms. The van der Waals surface area contributed by atoms with Crippen LogP contribution < -0.4 is 11.1 Å². The molecule has 3 N–H and O–H groups in total. The number of primary amides is 1. The first-order valence-corrected chi connectivity index (χ1v) is 11.4. The van der Waals surface area contributed by atoms with Gasteiger partial charge in [-0.15, -0.1) is 0 Å². The fraction of sp³-hybridized carbons (Fsp3) is 0.458. The molecule has 3 rings (SSSR count). The summed E-state index contributed by atoms with van der Waals surface area (Å²) < 4.78 is 59.3. The minimum Gasteiger partial charge on any atom is -0.444 e. The molecule has 37 heavy (non-hydrogen) atoms. The van der Waals surface area contributed by atoms with E-state index in [4.69, 9.17) is 10.5 Å². The summed E-state index contributed by atoms with van der Waals surface area (Å²) >= 11 is 0. The number of nitrogens with one attached hydrogen (secondary N) is 1. The second kappa shape index (κ2) is 10.3. The van der Waals surface area contributed by atoms with Gasteiger partial charge >= 0.3 is 12.3 Å². The van der Waals surface area contributed by atoms with Crippen molar-refractivity contribution in [3.8, 4) is 11.3 Å². The Bertz CT molecular complexity index is 1210. The average molecular weight is 526 g/mol. The van der Waals surface area contributed by atoms with Crippen molar-refractivity contribution in [3.05, 3.63) is 47.2 Å². The Morgan fingerprint density at radius 1 is 1.14 bits per heavy atom. The SMILES string of the molecule is CC1CCC(C(=O)NCc2cc(-c3cnc(C(F)(F)F)c(C(N)=O)c3)ncc2F)N1C(=O)OC(C)(C)C. The van der Waals surface area contributed by atoms with Crippen molar-refractivity contribution in [3.63, 3.8) is 0 Å². The fourth-order valence-corrected chi connectivity index (χ4v) is 3.96. The molecular weight excluding hydrogens is 498 g/mol. The van der Waals surface area contributed by atoms with Crippen LogP contribution in [0.2, 0.25) is 0 Å². The van der Waals surface area contributed by atoms with Gasteiger partial charge in [-0.05, 0) is 52.7 Å². The van der Waals surface area contributed by atoms with Gasteiger partial charge in [-0.2, -0.15) is 13.2 Å². The molecule has 2 unspecified atom stereocenters. The van der Waals surface area contributed by atoms with Crippen LogP contribution in [-0.2, 0) is 22.3 Å². The lowest BCUT2D eigenvalue weighted by atomic mass is 10.1. The van der Waals surface area contributed by atoms with Gasteiger partial charge in [0, 0.05) is 29.9 Å². The number of halogens is 4. The van der Waals surface area contributed by atoms with Crippen molar-refractivity contribution < 1.29 is 36.7 Å². The van der Waals surface area contributed by atoms with Crippen molar-refractivity contribution >= 4 is 17.9 Å². The average Bonchev–Trinajstić information content (AvgIpc) is 3.17. The van der Waals surface area contributed by atoms with Gasteiger partial charge in [-0.25, -0.2) is 9.18 Å². The third kappa shape index (κ3) is 6.52. The van der Waals surface area contributed by atoms with Crippen molar-refractivity contribution in [2.45, 2.75) is 70.9 Å². The second-order valence-electron chi connectivity index (χ2n) is 9.69. The van der Waals surface area contributed by atoms with Gasteiger partial charge in [0.05, 0.1) is 17.5 Å². The van der Waals surface area contributed by atoms with Crippen LogP contribution in [0.5, 0.6) is 0 Å². The molecular formula is C24H27F4N5O4. The highest BCUT2D eigenvalue weighted by Gasteiger charge is 2.41. The topological polar surface area (TPSA) is 128 Å². The fourth-order valence-electron chi connectivity index (χ4n) is 3.96. The third-order valence-corrected chi connectivity index (χ3v) is 5.68. The van der Waals surface area contributed by atoms with Crippen molar-refractivity contribution in [1.29, 1.82) is 0 Å². The molecule has 200 valence electrons. The highest BCUT2D eigenvalue weighted by molar-refractivity contribution is 5.95. The number of carbonyl (C=O) groups excluding carboxylic acids is 3. The Morgan fingerprint density at radius 3 is 2.41 bits per heavy atom.